The lowest BCUT2D eigenvalue weighted by molar-refractivity contribution is -0.128. The summed E-state index contributed by atoms with van der Waals surface area (Å²) >= 11 is 0. The highest BCUT2D eigenvalue weighted by molar-refractivity contribution is 5.95. The third-order valence-electron chi connectivity index (χ3n) is 6.28. The number of hydrogen-bond donors (Lipinski definition) is 3. The molecule has 8 nitrogen and oxygen atoms in total. The predicted molar refractivity (Wildman–Crippen MR) is 130 cm³/mol. The molecule has 2 aromatic carbocycles. The Bertz CT molecular complexity index is 1080. The summed E-state index contributed by atoms with van der Waals surface area (Å²) in [5.41, 5.74) is 7.13. The third kappa shape index (κ3) is 5.51. The Balaban J connectivity index is 1.51. The maximum Gasteiger partial charge on any atom is 0.246 e. The Labute approximate surface area is 193 Å². The molecule has 1 unspecified atom stereocenters. The normalized spacial score (nSPS) is 19.1. The quantitative estimate of drug-likeness (QED) is 0.448. The van der Waals surface area contributed by atoms with Gasteiger partial charge in [-0.15, -0.1) is 0 Å². The van der Waals surface area contributed by atoms with E-state index >= 15 is 0 Å². The van der Waals surface area contributed by atoms with Gasteiger partial charge in [-0.2, -0.15) is 4.98 Å². The molecule has 4 rings (SSSR count). The number of carbonyl (C=O) groups excluding carboxylic acids is 1. The van der Waals surface area contributed by atoms with E-state index in [1.165, 1.54) is 7.11 Å². The van der Waals surface area contributed by atoms with Gasteiger partial charge in [0.05, 0.1) is 7.11 Å². The van der Waals surface area contributed by atoms with Crippen molar-refractivity contribution in [3.05, 3.63) is 48.5 Å². The van der Waals surface area contributed by atoms with Crippen LogP contribution in [0.15, 0.2) is 48.5 Å². The van der Waals surface area contributed by atoms with Crippen LogP contribution in [0, 0.1) is 5.92 Å². The average molecular weight is 450 g/mol. The molecule has 1 aliphatic rings. The fraction of sp³-hybridized carbons (Fsp3) is 0.400. The van der Waals surface area contributed by atoms with Crippen molar-refractivity contribution < 1.29 is 14.3 Å². The van der Waals surface area contributed by atoms with Gasteiger partial charge < -0.3 is 25.8 Å². The van der Waals surface area contributed by atoms with Gasteiger partial charge in [0.1, 0.15) is 23.2 Å². The molecular weight excluding hydrogens is 418 g/mol. The highest BCUT2D eigenvalue weighted by Crippen LogP contribution is 2.33. The number of fused-ring (bicyclic) bond motifs is 1. The first-order valence-corrected chi connectivity index (χ1v) is 11.3. The Hall–Kier alpha value is -3.39. The fourth-order valence-electron chi connectivity index (χ4n) is 4.46. The van der Waals surface area contributed by atoms with E-state index in [9.17, 15) is 4.79 Å². The molecule has 0 saturated heterocycles. The molecule has 0 bridgehead atoms. The molecule has 174 valence electrons. The number of para-hydroxylation sites is 2. The molecular formula is C25H31N5O3. The van der Waals surface area contributed by atoms with Crippen LogP contribution in [-0.2, 0) is 9.53 Å². The van der Waals surface area contributed by atoms with E-state index in [0.29, 0.717) is 24.0 Å². The van der Waals surface area contributed by atoms with Crippen LogP contribution in [0.5, 0.6) is 5.75 Å². The molecule has 33 heavy (non-hydrogen) atoms. The van der Waals surface area contributed by atoms with Crippen molar-refractivity contribution in [3.8, 4) is 5.75 Å². The van der Waals surface area contributed by atoms with E-state index in [1.54, 1.807) is 7.11 Å². The number of nitrogens with zero attached hydrogens (tertiary/aromatic N) is 2. The molecule has 1 aromatic heterocycles. The summed E-state index contributed by atoms with van der Waals surface area (Å²) < 4.78 is 10.8. The van der Waals surface area contributed by atoms with Gasteiger partial charge in [0.2, 0.25) is 11.9 Å². The zero-order chi connectivity index (χ0) is 23.2. The van der Waals surface area contributed by atoms with Gasteiger partial charge in [-0.25, -0.2) is 4.98 Å². The van der Waals surface area contributed by atoms with Crippen molar-refractivity contribution in [3.63, 3.8) is 0 Å². The second kappa shape index (κ2) is 10.5. The minimum Gasteiger partial charge on any atom is -0.494 e. The number of ether oxygens (including phenoxy) is 2. The van der Waals surface area contributed by atoms with Crippen molar-refractivity contribution >= 4 is 34.3 Å². The summed E-state index contributed by atoms with van der Waals surface area (Å²) in [6, 6.07) is 16.0. The second-order valence-corrected chi connectivity index (χ2v) is 8.47. The smallest absolute Gasteiger partial charge is 0.246 e. The van der Waals surface area contributed by atoms with Crippen molar-refractivity contribution in [1.82, 2.24) is 9.97 Å². The van der Waals surface area contributed by atoms with Crippen LogP contribution >= 0.6 is 0 Å². The van der Waals surface area contributed by atoms with Gasteiger partial charge in [0, 0.05) is 24.2 Å². The number of anilines is 3. The van der Waals surface area contributed by atoms with Crippen molar-refractivity contribution in [1.29, 1.82) is 0 Å². The average Bonchev–Trinajstić information content (AvgIpc) is 2.83. The molecule has 1 saturated carbocycles. The lowest BCUT2D eigenvalue weighted by Gasteiger charge is -2.30. The predicted octanol–water partition coefficient (Wildman–Crippen LogP) is 4.24. The number of benzene rings is 2. The van der Waals surface area contributed by atoms with E-state index in [2.05, 4.69) is 10.6 Å². The first-order valence-electron chi connectivity index (χ1n) is 11.3. The number of nitrogens with two attached hydrogens (primary N) is 1. The monoisotopic (exact) mass is 449 g/mol. The first-order chi connectivity index (χ1) is 16.1. The zero-order valence-electron chi connectivity index (χ0n) is 19.1. The maximum atomic E-state index is 11.5. The van der Waals surface area contributed by atoms with Crippen LogP contribution in [0.25, 0.3) is 10.9 Å². The number of nitrogens with one attached hydrogen (secondary N) is 2. The number of methoxy groups -OCH3 is 2. The van der Waals surface area contributed by atoms with E-state index in [0.717, 1.165) is 48.1 Å². The van der Waals surface area contributed by atoms with E-state index < -0.39 is 12.0 Å². The summed E-state index contributed by atoms with van der Waals surface area (Å²) in [6.45, 7) is 0. The highest BCUT2D eigenvalue weighted by atomic mass is 16.5. The molecule has 1 atom stereocenters. The van der Waals surface area contributed by atoms with Gasteiger partial charge >= 0.3 is 0 Å². The molecule has 4 N–H and O–H groups in total. The van der Waals surface area contributed by atoms with E-state index in [-0.39, 0.29) is 6.04 Å². The summed E-state index contributed by atoms with van der Waals surface area (Å²) in [5.74, 6) is 2.03. The zero-order valence-corrected chi connectivity index (χ0v) is 19.1. The SMILES string of the molecule is COc1cccc2c(Nc3ccccc3)nc(NC3CCC(CC(OC)C(N)=O)CC3)nc12. The van der Waals surface area contributed by atoms with Crippen LogP contribution in [0.1, 0.15) is 32.1 Å². The molecule has 1 fully saturated rings. The molecule has 0 aliphatic heterocycles. The number of amides is 1. The van der Waals surface area contributed by atoms with Crippen LogP contribution in [-0.4, -0.2) is 42.2 Å². The van der Waals surface area contributed by atoms with E-state index in [1.807, 2.05) is 48.5 Å². The number of rotatable bonds is 9. The summed E-state index contributed by atoms with van der Waals surface area (Å²) in [7, 11) is 3.18. The number of carbonyl (C=O) groups is 1. The highest BCUT2D eigenvalue weighted by Gasteiger charge is 2.26. The van der Waals surface area contributed by atoms with Crippen LogP contribution in [0.3, 0.4) is 0 Å². The lowest BCUT2D eigenvalue weighted by Crippen LogP contribution is -2.34. The third-order valence-corrected chi connectivity index (χ3v) is 6.28. The van der Waals surface area contributed by atoms with Gasteiger partial charge in [0.15, 0.2) is 0 Å². The Morgan fingerprint density at radius 3 is 2.48 bits per heavy atom. The molecule has 3 aromatic rings. The maximum absolute atomic E-state index is 11.5. The Kier molecular flexibility index (Phi) is 7.24. The molecule has 1 aliphatic carbocycles. The summed E-state index contributed by atoms with van der Waals surface area (Å²) in [4.78, 5) is 21.1. The second-order valence-electron chi connectivity index (χ2n) is 8.47. The topological polar surface area (TPSA) is 111 Å². The van der Waals surface area contributed by atoms with Crippen molar-refractivity contribution in [2.24, 2.45) is 11.7 Å². The summed E-state index contributed by atoms with van der Waals surface area (Å²) in [5, 5.41) is 7.83. The molecule has 1 heterocycles. The van der Waals surface area contributed by atoms with Gasteiger partial charge in [-0.05, 0) is 62.3 Å². The Morgan fingerprint density at radius 2 is 1.82 bits per heavy atom. The van der Waals surface area contributed by atoms with E-state index in [4.69, 9.17) is 25.2 Å². The van der Waals surface area contributed by atoms with Gasteiger partial charge in [-0.3, -0.25) is 4.79 Å². The van der Waals surface area contributed by atoms with Crippen molar-refractivity contribution in [2.75, 3.05) is 24.9 Å². The van der Waals surface area contributed by atoms with Crippen LogP contribution in [0.2, 0.25) is 0 Å². The number of hydrogen-bond acceptors (Lipinski definition) is 7. The minimum atomic E-state index is -0.512. The van der Waals surface area contributed by atoms with Crippen LogP contribution in [0.4, 0.5) is 17.5 Å². The standard InChI is InChI=1S/C25H31N5O3/c1-32-20-10-6-9-19-22(20)29-25(30-24(19)27-17-7-4-3-5-8-17)28-18-13-11-16(12-14-18)15-21(33-2)23(26)31/h3-10,16,18,21H,11-15H2,1-2H3,(H2,26,31)(H2,27,28,29,30). The van der Waals surface area contributed by atoms with Gasteiger partial charge in [0.25, 0.3) is 0 Å². The Morgan fingerprint density at radius 1 is 1.06 bits per heavy atom. The number of aromatic nitrogens is 2. The molecule has 8 heteroatoms. The lowest BCUT2D eigenvalue weighted by atomic mass is 9.82. The fourth-order valence-corrected chi connectivity index (χ4v) is 4.46. The largest absolute Gasteiger partial charge is 0.494 e. The summed E-state index contributed by atoms with van der Waals surface area (Å²) in [6.07, 6.45) is 4.09. The van der Waals surface area contributed by atoms with Crippen molar-refractivity contribution in [2.45, 2.75) is 44.2 Å². The molecule has 0 spiro atoms. The molecule has 1 amide bonds. The van der Waals surface area contributed by atoms with Gasteiger partial charge in [-0.1, -0.05) is 24.3 Å². The molecule has 0 radical (unpaired) electrons. The minimum absolute atomic E-state index is 0.257. The van der Waals surface area contributed by atoms with Crippen LogP contribution < -0.4 is 21.1 Å². The first kappa shape index (κ1) is 22.8. The number of primary amides is 1.